The van der Waals surface area contributed by atoms with Gasteiger partial charge in [0.1, 0.15) is 0 Å². The van der Waals surface area contributed by atoms with Crippen LogP contribution in [0, 0.1) is 11.3 Å². The summed E-state index contributed by atoms with van der Waals surface area (Å²) in [6.45, 7) is 9.47. The fourth-order valence-corrected chi connectivity index (χ4v) is 6.00. The number of rotatable bonds is 1. The molecule has 1 saturated carbocycles. The molecule has 0 radical (unpaired) electrons. The van der Waals surface area contributed by atoms with Crippen LogP contribution >= 0.6 is 0 Å². The molecule has 136 valence electrons. The molecule has 0 spiro atoms. The second kappa shape index (κ2) is 6.09. The Labute approximate surface area is 162 Å². The van der Waals surface area contributed by atoms with Crippen molar-refractivity contribution in [2.24, 2.45) is 11.3 Å². The van der Waals surface area contributed by atoms with Crippen LogP contribution in [0.15, 0.2) is 78.9 Å². The molecule has 0 aliphatic heterocycles. The highest BCUT2D eigenvalue weighted by Crippen LogP contribution is 2.58. The monoisotopic (exact) mass is 352 g/mol. The van der Waals surface area contributed by atoms with Crippen molar-refractivity contribution >= 4 is 10.8 Å². The van der Waals surface area contributed by atoms with Gasteiger partial charge in [0.05, 0.1) is 0 Å². The zero-order valence-electron chi connectivity index (χ0n) is 16.4. The fourth-order valence-electron chi connectivity index (χ4n) is 6.00. The van der Waals surface area contributed by atoms with Gasteiger partial charge in [0.15, 0.2) is 0 Å². The maximum Gasteiger partial charge on any atom is -0.00500 e. The van der Waals surface area contributed by atoms with Gasteiger partial charge in [-0.1, -0.05) is 92.7 Å². The Bertz CT molecular complexity index is 1010. The van der Waals surface area contributed by atoms with E-state index in [-0.39, 0.29) is 0 Å². The summed E-state index contributed by atoms with van der Waals surface area (Å²) in [4.78, 5) is 0. The molecule has 0 aromatic heterocycles. The van der Waals surface area contributed by atoms with E-state index in [4.69, 9.17) is 0 Å². The van der Waals surface area contributed by atoms with Crippen molar-refractivity contribution < 1.29 is 0 Å². The third kappa shape index (κ3) is 2.74. The molecule has 0 amide bonds. The minimum absolute atomic E-state index is 0.324. The molecule has 0 heteroatoms. The second-order valence-electron chi connectivity index (χ2n) is 9.42. The topological polar surface area (TPSA) is 0 Å². The van der Waals surface area contributed by atoms with Crippen LogP contribution in [-0.4, -0.2) is 0 Å². The van der Waals surface area contributed by atoms with E-state index in [1.54, 1.807) is 11.1 Å². The quantitative estimate of drug-likeness (QED) is 0.404. The zero-order valence-corrected chi connectivity index (χ0v) is 16.4. The van der Waals surface area contributed by atoms with Gasteiger partial charge in [-0.3, -0.25) is 0 Å². The lowest BCUT2D eigenvalue weighted by atomic mass is 9.55. The molecule has 3 aromatic carbocycles. The Hall–Kier alpha value is -2.34. The highest BCUT2D eigenvalue weighted by Gasteiger charge is 2.45. The standard InChI is InChI=1S/C27H28/c1-18-16-27(2,3)17-24-25(18)23(19-9-5-4-6-10-19)15-21-14-13-20-11-7-8-12-22(20)26(21)24/h4-14,23-25H,1,15-17H2,2-3H3. The summed E-state index contributed by atoms with van der Waals surface area (Å²) in [5.74, 6) is 1.67. The Balaban J connectivity index is 1.74. The van der Waals surface area contributed by atoms with Gasteiger partial charge >= 0.3 is 0 Å². The van der Waals surface area contributed by atoms with E-state index in [0.29, 0.717) is 23.2 Å². The molecule has 0 nitrogen and oxygen atoms in total. The van der Waals surface area contributed by atoms with Gasteiger partial charge in [-0.05, 0) is 69.9 Å². The van der Waals surface area contributed by atoms with Gasteiger partial charge in [0.2, 0.25) is 0 Å². The Morgan fingerprint density at radius 1 is 0.852 bits per heavy atom. The first-order chi connectivity index (χ1) is 13.0. The first-order valence-electron chi connectivity index (χ1n) is 10.3. The molecule has 1 fully saturated rings. The van der Waals surface area contributed by atoms with Crippen LogP contribution in [0.5, 0.6) is 0 Å². The van der Waals surface area contributed by atoms with Crippen LogP contribution < -0.4 is 0 Å². The van der Waals surface area contributed by atoms with Crippen molar-refractivity contribution in [3.05, 3.63) is 95.6 Å². The average molecular weight is 353 g/mol. The van der Waals surface area contributed by atoms with E-state index in [2.05, 4.69) is 87.2 Å². The van der Waals surface area contributed by atoms with Crippen LogP contribution in [0.2, 0.25) is 0 Å². The van der Waals surface area contributed by atoms with Crippen LogP contribution in [0.3, 0.4) is 0 Å². The summed E-state index contributed by atoms with van der Waals surface area (Å²) in [6.07, 6.45) is 3.53. The summed E-state index contributed by atoms with van der Waals surface area (Å²) in [5, 5.41) is 2.84. The van der Waals surface area contributed by atoms with Crippen molar-refractivity contribution in [2.45, 2.75) is 44.9 Å². The van der Waals surface area contributed by atoms with Gasteiger partial charge in [-0.25, -0.2) is 0 Å². The maximum absolute atomic E-state index is 4.62. The average Bonchev–Trinajstić information content (AvgIpc) is 2.66. The van der Waals surface area contributed by atoms with E-state index in [1.807, 2.05) is 0 Å². The molecule has 3 unspecified atom stereocenters. The van der Waals surface area contributed by atoms with Crippen LogP contribution in [-0.2, 0) is 6.42 Å². The van der Waals surface area contributed by atoms with Crippen LogP contribution in [0.4, 0.5) is 0 Å². The lowest BCUT2D eigenvalue weighted by Gasteiger charge is -2.49. The molecule has 3 aromatic rings. The molecule has 0 bridgehead atoms. The number of hydrogen-bond acceptors (Lipinski definition) is 0. The van der Waals surface area contributed by atoms with Gasteiger partial charge < -0.3 is 0 Å². The molecule has 27 heavy (non-hydrogen) atoms. The SMILES string of the molecule is C=C1CC(C)(C)CC2c3c(ccc4ccccc34)CC(c3ccccc3)C12. The fraction of sp³-hybridized carbons (Fsp3) is 0.333. The Morgan fingerprint density at radius 2 is 1.59 bits per heavy atom. The van der Waals surface area contributed by atoms with Crippen LogP contribution in [0.1, 0.15) is 55.2 Å². The summed E-state index contributed by atoms with van der Waals surface area (Å²) in [5.41, 5.74) is 6.43. The smallest absolute Gasteiger partial charge is 0.00500 e. The number of allylic oxidation sites excluding steroid dienone is 1. The molecule has 2 aliphatic rings. The summed E-state index contributed by atoms with van der Waals surface area (Å²) < 4.78 is 0. The third-order valence-electron chi connectivity index (χ3n) is 6.92. The highest BCUT2D eigenvalue weighted by atomic mass is 14.5. The predicted molar refractivity (Wildman–Crippen MR) is 115 cm³/mol. The van der Waals surface area contributed by atoms with Gasteiger partial charge in [-0.2, -0.15) is 0 Å². The summed E-state index contributed by atoms with van der Waals surface area (Å²) >= 11 is 0. The van der Waals surface area contributed by atoms with Gasteiger partial charge in [0.25, 0.3) is 0 Å². The first kappa shape index (κ1) is 16.8. The predicted octanol–water partition coefficient (Wildman–Crippen LogP) is 7.26. The van der Waals surface area contributed by atoms with Gasteiger partial charge in [0, 0.05) is 0 Å². The number of benzene rings is 3. The molecular formula is C27H28. The number of fused-ring (bicyclic) bond motifs is 5. The number of hydrogen-bond donors (Lipinski definition) is 0. The van der Waals surface area contributed by atoms with Crippen LogP contribution in [0.25, 0.3) is 10.8 Å². The van der Waals surface area contributed by atoms with Crippen molar-refractivity contribution in [2.75, 3.05) is 0 Å². The van der Waals surface area contributed by atoms with E-state index in [9.17, 15) is 0 Å². The van der Waals surface area contributed by atoms with E-state index in [0.717, 1.165) is 12.8 Å². The minimum Gasteiger partial charge on any atom is -0.0995 e. The molecule has 0 N–H and O–H groups in total. The second-order valence-corrected chi connectivity index (χ2v) is 9.42. The zero-order chi connectivity index (χ0) is 18.6. The van der Waals surface area contributed by atoms with E-state index in [1.165, 1.54) is 28.3 Å². The lowest BCUT2D eigenvalue weighted by Crippen LogP contribution is -2.37. The lowest BCUT2D eigenvalue weighted by molar-refractivity contribution is 0.191. The molecule has 2 aliphatic carbocycles. The largest absolute Gasteiger partial charge is 0.0995 e. The van der Waals surface area contributed by atoms with Gasteiger partial charge in [-0.15, -0.1) is 0 Å². The Kier molecular flexibility index (Phi) is 3.79. The summed E-state index contributed by atoms with van der Waals surface area (Å²) in [7, 11) is 0. The minimum atomic E-state index is 0.324. The van der Waals surface area contributed by atoms with Crippen molar-refractivity contribution in [1.82, 2.24) is 0 Å². The molecule has 3 atom stereocenters. The Morgan fingerprint density at radius 3 is 2.41 bits per heavy atom. The van der Waals surface area contributed by atoms with Crippen molar-refractivity contribution in [3.63, 3.8) is 0 Å². The third-order valence-corrected chi connectivity index (χ3v) is 6.92. The first-order valence-corrected chi connectivity index (χ1v) is 10.3. The van der Waals surface area contributed by atoms with Crippen molar-refractivity contribution in [1.29, 1.82) is 0 Å². The maximum atomic E-state index is 4.62. The molecular weight excluding hydrogens is 324 g/mol. The molecule has 0 saturated heterocycles. The highest BCUT2D eigenvalue weighted by molar-refractivity contribution is 5.88. The molecule has 0 heterocycles. The summed E-state index contributed by atoms with van der Waals surface area (Å²) in [6, 6.07) is 24.8. The van der Waals surface area contributed by atoms with E-state index >= 15 is 0 Å². The van der Waals surface area contributed by atoms with Crippen molar-refractivity contribution in [3.8, 4) is 0 Å². The molecule has 5 rings (SSSR count). The van der Waals surface area contributed by atoms with E-state index < -0.39 is 0 Å². The normalized spacial score (nSPS) is 26.4.